The minimum absolute atomic E-state index is 0.246. The number of halogens is 1. The number of hydrazone groups is 1. The van der Waals surface area contributed by atoms with E-state index in [2.05, 4.69) is 10.5 Å². The molecule has 0 heterocycles. The Morgan fingerprint density at radius 1 is 1.14 bits per heavy atom. The topological polar surface area (TPSA) is 50.7 Å². The van der Waals surface area contributed by atoms with Gasteiger partial charge in [-0.25, -0.2) is 5.43 Å². The molecule has 0 aliphatic carbocycles. The van der Waals surface area contributed by atoms with Crippen LogP contribution < -0.4 is 10.2 Å². The second-order valence-corrected chi connectivity index (χ2v) is 4.56. The van der Waals surface area contributed by atoms with Gasteiger partial charge in [-0.3, -0.25) is 4.79 Å². The highest BCUT2D eigenvalue weighted by Crippen LogP contribution is 2.11. The highest BCUT2D eigenvalue weighted by molar-refractivity contribution is 6.25. The molecule has 2 aromatic carbocycles. The Hall–Kier alpha value is -2.59. The van der Waals surface area contributed by atoms with Crippen LogP contribution in [0, 0.1) is 0 Å². The van der Waals surface area contributed by atoms with Crippen LogP contribution in [0.1, 0.15) is 15.9 Å². The Bertz CT molecular complexity index is 652. The van der Waals surface area contributed by atoms with E-state index < -0.39 is 0 Å². The van der Waals surface area contributed by atoms with Gasteiger partial charge in [-0.1, -0.05) is 29.8 Å². The maximum absolute atomic E-state index is 11.8. The lowest BCUT2D eigenvalue weighted by Crippen LogP contribution is -2.17. The number of nitrogens with one attached hydrogen (secondary N) is 1. The number of carbonyl (C=O) groups is 1. The minimum atomic E-state index is -0.246. The molecule has 0 saturated carbocycles. The summed E-state index contributed by atoms with van der Waals surface area (Å²) in [4.78, 5) is 11.8. The standard InChI is InChI=1S/C17H15ClN2O2/c18-11-4-12-22-16-9-7-14(8-10-16)13-19-20-17(21)15-5-2-1-3-6-15/h1-11,13H,12H2,(H,20,21). The second kappa shape index (κ2) is 8.64. The van der Waals surface area contributed by atoms with Crippen molar-refractivity contribution in [3.05, 3.63) is 77.3 Å². The number of hydrogen-bond donors (Lipinski definition) is 1. The predicted octanol–water partition coefficient (Wildman–Crippen LogP) is 3.58. The smallest absolute Gasteiger partial charge is 0.271 e. The molecule has 0 spiro atoms. The third-order valence-corrected chi connectivity index (χ3v) is 2.91. The second-order valence-electron chi connectivity index (χ2n) is 4.31. The van der Waals surface area contributed by atoms with Gasteiger partial charge in [-0.15, -0.1) is 0 Å². The SMILES string of the molecule is O=C(NN=Cc1ccc(OCC=CCl)cc1)c1ccccc1. The first-order chi connectivity index (χ1) is 10.8. The fourth-order valence-corrected chi connectivity index (χ4v) is 1.72. The van der Waals surface area contributed by atoms with Gasteiger partial charge < -0.3 is 4.74 Å². The molecule has 1 amide bonds. The molecule has 112 valence electrons. The summed E-state index contributed by atoms with van der Waals surface area (Å²) in [7, 11) is 0. The molecule has 2 rings (SSSR count). The Kier molecular flexibility index (Phi) is 6.20. The average molecular weight is 315 g/mol. The molecule has 0 aliphatic rings. The summed E-state index contributed by atoms with van der Waals surface area (Å²) in [5.74, 6) is 0.491. The maximum Gasteiger partial charge on any atom is 0.271 e. The molecular weight excluding hydrogens is 300 g/mol. The average Bonchev–Trinajstić information content (AvgIpc) is 2.57. The van der Waals surface area contributed by atoms with E-state index in [0.717, 1.165) is 11.3 Å². The molecule has 5 heteroatoms. The number of hydrogen-bond acceptors (Lipinski definition) is 3. The Labute approximate surface area is 134 Å². The van der Waals surface area contributed by atoms with Crippen molar-refractivity contribution in [3.63, 3.8) is 0 Å². The normalized spacial score (nSPS) is 11.0. The van der Waals surface area contributed by atoms with Crippen molar-refractivity contribution in [2.75, 3.05) is 6.61 Å². The van der Waals surface area contributed by atoms with Crippen molar-refractivity contribution >= 4 is 23.7 Å². The van der Waals surface area contributed by atoms with Crippen molar-refractivity contribution in [3.8, 4) is 5.75 Å². The number of ether oxygens (including phenoxy) is 1. The highest BCUT2D eigenvalue weighted by atomic mass is 35.5. The molecule has 0 unspecified atom stereocenters. The first-order valence-electron chi connectivity index (χ1n) is 6.66. The third-order valence-electron chi connectivity index (χ3n) is 2.73. The lowest BCUT2D eigenvalue weighted by Gasteiger charge is -2.03. The molecule has 0 atom stereocenters. The highest BCUT2D eigenvalue weighted by Gasteiger charge is 2.01. The van der Waals surface area contributed by atoms with E-state index in [-0.39, 0.29) is 5.91 Å². The van der Waals surface area contributed by atoms with Crippen LogP contribution in [0.3, 0.4) is 0 Å². The third kappa shape index (κ3) is 5.07. The summed E-state index contributed by atoms with van der Waals surface area (Å²) in [5, 5.41) is 3.93. The van der Waals surface area contributed by atoms with Crippen molar-refractivity contribution in [1.82, 2.24) is 5.43 Å². The number of amides is 1. The van der Waals surface area contributed by atoms with Crippen molar-refractivity contribution in [2.45, 2.75) is 0 Å². The molecule has 0 bridgehead atoms. The Morgan fingerprint density at radius 3 is 2.55 bits per heavy atom. The van der Waals surface area contributed by atoms with Gasteiger partial charge in [0.25, 0.3) is 5.91 Å². The number of nitrogens with zero attached hydrogens (tertiary/aromatic N) is 1. The van der Waals surface area contributed by atoms with Crippen LogP contribution in [0.2, 0.25) is 0 Å². The van der Waals surface area contributed by atoms with Gasteiger partial charge in [0.1, 0.15) is 12.4 Å². The predicted molar refractivity (Wildman–Crippen MR) is 88.4 cm³/mol. The number of rotatable bonds is 6. The zero-order valence-corrected chi connectivity index (χ0v) is 12.5. The fourth-order valence-electron chi connectivity index (χ4n) is 1.65. The van der Waals surface area contributed by atoms with Crippen molar-refractivity contribution in [2.24, 2.45) is 5.10 Å². The van der Waals surface area contributed by atoms with Gasteiger partial charge >= 0.3 is 0 Å². The summed E-state index contributed by atoms with van der Waals surface area (Å²) < 4.78 is 5.42. The monoisotopic (exact) mass is 314 g/mol. The van der Waals surface area contributed by atoms with Crippen LogP contribution in [0.15, 0.2) is 71.3 Å². The molecule has 0 saturated heterocycles. The summed E-state index contributed by atoms with van der Waals surface area (Å²) in [6.07, 6.45) is 3.28. The van der Waals surface area contributed by atoms with Crippen LogP contribution in [-0.2, 0) is 0 Å². The van der Waals surface area contributed by atoms with Crippen LogP contribution >= 0.6 is 11.6 Å². The molecule has 0 aliphatic heterocycles. The van der Waals surface area contributed by atoms with Crippen molar-refractivity contribution < 1.29 is 9.53 Å². The van der Waals surface area contributed by atoms with Gasteiger partial charge in [-0.2, -0.15) is 5.10 Å². The van der Waals surface area contributed by atoms with Gasteiger partial charge in [-0.05, 0) is 48.0 Å². The van der Waals surface area contributed by atoms with E-state index in [0.29, 0.717) is 12.2 Å². The van der Waals surface area contributed by atoms with Gasteiger partial charge in [0, 0.05) is 11.1 Å². The van der Waals surface area contributed by atoms with Crippen LogP contribution in [0.25, 0.3) is 0 Å². The molecule has 1 N–H and O–H groups in total. The van der Waals surface area contributed by atoms with E-state index in [1.54, 1.807) is 36.6 Å². The van der Waals surface area contributed by atoms with Gasteiger partial charge in [0.05, 0.1) is 6.21 Å². The largest absolute Gasteiger partial charge is 0.490 e. The van der Waals surface area contributed by atoms with E-state index in [1.807, 2.05) is 30.3 Å². The molecule has 4 nitrogen and oxygen atoms in total. The van der Waals surface area contributed by atoms with E-state index in [1.165, 1.54) is 5.54 Å². The molecule has 0 radical (unpaired) electrons. The van der Waals surface area contributed by atoms with Gasteiger partial charge in [0.15, 0.2) is 0 Å². The molecule has 2 aromatic rings. The zero-order valence-electron chi connectivity index (χ0n) is 11.8. The molecular formula is C17H15ClN2O2. The zero-order chi connectivity index (χ0) is 15.6. The van der Waals surface area contributed by atoms with E-state index in [4.69, 9.17) is 16.3 Å². The maximum atomic E-state index is 11.8. The molecule has 0 fully saturated rings. The first-order valence-corrected chi connectivity index (χ1v) is 7.10. The van der Waals surface area contributed by atoms with Crippen LogP contribution in [0.5, 0.6) is 5.75 Å². The summed E-state index contributed by atoms with van der Waals surface area (Å²) in [6, 6.07) is 16.2. The molecule has 0 aromatic heterocycles. The van der Waals surface area contributed by atoms with Crippen LogP contribution in [0.4, 0.5) is 0 Å². The summed E-state index contributed by atoms with van der Waals surface area (Å²) >= 11 is 5.41. The van der Waals surface area contributed by atoms with Crippen molar-refractivity contribution in [1.29, 1.82) is 0 Å². The summed E-state index contributed by atoms with van der Waals surface area (Å²) in [5.41, 5.74) is 5.31. The first kappa shape index (κ1) is 15.8. The quantitative estimate of drug-likeness (QED) is 0.654. The fraction of sp³-hybridized carbons (Fsp3) is 0.0588. The Morgan fingerprint density at radius 2 is 1.86 bits per heavy atom. The lowest BCUT2D eigenvalue weighted by molar-refractivity contribution is 0.0955. The van der Waals surface area contributed by atoms with Gasteiger partial charge in [0.2, 0.25) is 0 Å². The summed E-state index contributed by atoms with van der Waals surface area (Å²) in [6.45, 7) is 0.421. The van der Waals surface area contributed by atoms with E-state index >= 15 is 0 Å². The molecule has 22 heavy (non-hydrogen) atoms. The number of carbonyl (C=O) groups excluding carboxylic acids is 1. The Balaban J connectivity index is 1.86. The lowest BCUT2D eigenvalue weighted by atomic mass is 10.2. The van der Waals surface area contributed by atoms with Crippen LogP contribution in [-0.4, -0.2) is 18.7 Å². The number of benzene rings is 2. The van der Waals surface area contributed by atoms with E-state index in [9.17, 15) is 4.79 Å². The minimum Gasteiger partial charge on any atom is -0.490 e.